The number of aliphatic carboxylic acids is 1. The number of carbonyl (C=O) groups excluding carboxylic acids is 1. The number of amides is 1. The van der Waals surface area contributed by atoms with Crippen molar-refractivity contribution in [1.29, 1.82) is 0 Å². The van der Waals surface area contributed by atoms with Gasteiger partial charge in [-0.15, -0.1) is 0 Å². The summed E-state index contributed by atoms with van der Waals surface area (Å²) in [6, 6.07) is 0. The van der Waals surface area contributed by atoms with Gasteiger partial charge in [-0.1, -0.05) is 6.92 Å². The zero-order valence-corrected chi connectivity index (χ0v) is 12.2. The van der Waals surface area contributed by atoms with Gasteiger partial charge in [0.1, 0.15) is 17.9 Å². The average Bonchev–Trinajstić information content (AvgIpc) is 3.20. The maximum absolute atomic E-state index is 12.4. The van der Waals surface area contributed by atoms with Gasteiger partial charge in [-0.2, -0.15) is 0 Å². The van der Waals surface area contributed by atoms with Gasteiger partial charge in [0.2, 0.25) is 0 Å². The molecular weight excluding hydrogens is 274 g/mol. The van der Waals surface area contributed by atoms with E-state index in [1.807, 2.05) is 6.92 Å². The van der Waals surface area contributed by atoms with Gasteiger partial charge in [0.15, 0.2) is 0 Å². The SMILES string of the molecule is CCCN(CC(=O)O)C(=O)c1c(C)nc(C2CC2)[nH]c1=O. The molecule has 0 aliphatic heterocycles. The summed E-state index contributed by atoms with van der Waals surface area (Å²) in [5, 5.41) is 8.87. The Morgan fingerprint density at radius 2 is 2.10 bits per heavy atom. The minimum Gasteiger partial charge on any atom is -0.480 e. The number of aryl methyl sites for hydroxylation is 1. The Morgan fingerprint density at radius 3 is 2.57 bits per heavy atom. The number of nitrogens with zero attached hydrogens (tertiary/aromatic N) is 2. The zero-order chi connectivity index (χ0) is 15.6. The molecule has 2 rings (SSSR count). The van der Waals surface area contributed by atoms with Crippen LogP contribution in [-0.4, -0.2) is 44.9 Å². The maximum Gasteiger partial charge on any atom is 0.323 e. The van der Waals surface area contributed by atoms with Gasteiger partial charge >= 0.3 is 5.97 Å². The number of aromatic nitrogens is 2. The minimum atomic E-state index is -1.10. The molecule has 2 N–H and O–H groups in total. The number of carbonyl (C=O) groups is 2. The average molecular weight is 293 g/mol. The molecule has 0 atom stereocenters. The first-order valence-electron chi connectivity index (χ1n) is 7.06. The van der Waals surface area contributed by atoms with Gasteiger partial charge in [-0.05, 0) is 26.2 Å². The topological polar surface area (TPSA) is 103 Å². The highest BCUT2D eigenvalue weighted by atomic mass is 16.4. The predicted molar refractivity (Wildman–Crippen MR) is 75.4 cm³/mol. The standard InChI is InChI=1S/C14H19N3O4/c1-3-6-17(7-10(18)19)14(21)11-8(2)15-12(9-4-5-9)16-13(11)20/h9H,3-7H2,1-2H3,(H,18,19)(H,15,16,20). The number of carboxylic acids is 1. The summed E-state index contributed by atoms with van der Waals surface area (Å²) in [5.41, 5.74) is -0.188. The first-order valence-corrected chi connectivity index (χ1v) is 7.06. The number of aromatic amines is 1. The fourth-order valence-electron chi connectivity index (χ4n) is 2.25. The second kappa shape index (κ2) is 6.07. The van der Waals surface area contributed by atoms with Crippen LogP contribution in [-0.2, 0) is 4.79 Å². The van der Waals surface area contributed by atoms with Crippen molar-refractivity contribution in [1.82, 2.24) is 14.9 Å². The van der Waals surface area contributed by atoms with E-state index in [1.54, 1.807) is 6.92 Å². The molecule has 21 heavy (non-hydrogen) atoms. The van der Waals surface area contributed by atoms with E-state index in [0.717, 1.165) is 12.8 Å². The van der Waals surface area contributed by atoms with E-state index >= 15 is 0 Å². The molecule has 1 aromatic rings. The molecule has 1 heterocycles. The molecular formula is C14H19N3O4. The van der Waals surface area contributed by atoms with Crippen LogP contribution in [0, 0.1) is 6.92 Å². The molecule has 1 fully saturated rings. The highest BCUT2D eigenvalue weighted by molar-refractivity contribution is 5.96. The highest BCUT2D eigenvalue weighted by Gasteiger charge is 2.29. The summed E-state index contributed by atoms with van der Waals surface area (Å²) in [6.45, 7) is 3.32. The quantitative estimate of drug-likeness (QED) is 0.810. The van der Waals surface area contributed by atoms with Crippen LogP contribution in [0.5, 0.6) is 0 Å². The van der Waals surface area contributed by atoms with Crippen molar-refractivity contribution in [2.75, 3.05) is 13.1 Å². The number of carboxylic acid groups (broad SMARTS) is 1. The fraction of sp³-hybridized carbons (Fsp3) is 0.571. The summed E-state index contributed by atoms with van der Waals surface area (Å²) in [4.78, 5) is 43.5. The Morgan fingerprint density at radius 1 is 1.43 bits per heavy atom. The zero-order valence-electron chi connectivity index (χ0n) is 12.2. The molecule has 1 aliphatic carbocycles. The normalized spacial score (nSPS) is 14.0. The monoisotopic (exact) mass is 293 g/mol. The molecule has 0 unspecified atom stereocenters. The number of rotatable bonds is 6. The molecule has 1 aliphatic rings. The third-order valence-electron chi connectivity index (χ3n) is 3.40. The van der Waals surface area contributed by atoms with E-state index in [1.165, 1.54) is 4.90 Å². The molecule has 7 nitrogen and oxygen atoms in total. The molecule has 0 aromatic carbocycles. The smallest absolute Gasteiger partial charge is 0.323 e. The van der Waals surface area contributed by atoms with Gasteiger partial charge < -0.3 is 15.0 Å². The third-order valence-corrected chi connectivity index (χ3v) is 3.40. The van der Waals surface area contributed by atoms with Crippen LogP contribution >= 0.6 is 0 Å². The lowest BCUT2D eigenvalue weighted by atomic mass is 10.2. The van der Waals surface area contributed by atoms with E-state index in [4.69, 9.17) is 5.11 Å². The van der Waals surface area contributed by atoms with Crippen molar-refractivity contribution in [3.63, 3.8) is 0 Å². The summed E-state index contributed by atoms with van der Waals surface area (Å²) in [5.74, 6) is -0.776. The van der Waals surface area contributed by atoms with Crippen molar-refractivity contribution in [2.24, 2.45) is 0 Å². The van der Waals surface area contributed by atoms with Crippen LogP contribution in [0.15, 0.2) is 4.79 Å². The molecule has 7 heteroatoms. The molecule has 1 aromatic heterocycles. The summed E-state index contributed by atoms with van der Waals surface area (Å²) in [6.07, 6.45) is 2.61. The number of hydrogen-bond donors (Lipinski definition) is 2. The lowest BCUT2D eigenvalue weighted by Crippen LogP contribution is -2.40. The minimum absolute atomic E-state index is 0.0610. The Labute approximate surface area is 122 Å². The van der Waals surface area contributed by atoms with Gasteiger partial charge in [0.25, 0.3) is 11.5 Å². The van der Waals surface area contributed by atoms with E-state index in [0.29, 0.717) is 17.9 Å². The third kappa shape index (κ3) is 3.48. The number of H-pyrrole nitrogens is 1. The molecule has 0 radical (unpaired) electrons. The summed E-state index contributed by atoms with van der Waals surface area (Å²) in [7, 11) is 0. The van der Waals surface area contributed by atoms with Crippen LogP contribution in [0.1, 0.15) is 54.0 Å². The van der Waals surface area contributed by atoms with Crippen molar-refractivity contribution >= 4 is 11.9 Å². The van der Waals surface area contributed by atoms with Crippen LogP contribution in [0.4, 0.5) is 0 Å². The molecule has 0 bridgehead atoms. The molecule has 0 saturated heterocycles. The van der Waals surface area contributed by atoms with E-state index < -0.39 is 24.0 Å². The largest absolute Gasteiger partial charge is 0.480 e. The molecule has 1 saturated carbocycles. The van der Waals surface area contributed by atoms with E-state index in [-0.39, 0.29) is 18.0 Å². The van der Waals surface area contributed by atoms with Crippen LogP contribution in [0.25, 0.3) is 0 Å². The molecule has 0 spiro atoms. The Hall–Kier alpha value is -2.18. The fourth-order valence-corrected chi connectivity index (χ4v) is 2.25. The summed E-state index contributed by atoms with van der Waals surface area (Å²) < 4.78 is 0. The van der Waals surface area contributed by atoms with E-state index in [9.17, 15) is 14.4 Å². The van der Waals surface area contributed by atoms with Crippen LogP contribution in [0.3, 0.4) is 0 Å². The lowest BCUT2D eigenvalue weighted by molar-refractivity contribution is -0.137. The lowest BCUT2D eigenvalue weighted by Gasteiger charge is -2.20. The number of hydrogen-bond acceptors (Lipinski definition) is 4. The van der Waals surface area contributed by atoms with Gasteiger partial charge in [-0.3, -0.25) is 14.4 Å². The Bertz CT molecular complexity index is 619. The van der Waals surface area contributed by atoms with Gasteiger partial charge in [-0.25, -0.2) is 4.98 Å². The first-order chi connectivity index (χ1) is 9.93. The Kier molecular flexibility index (Phi) is 4.40. The van der Waals surface area contributed by atoms with Gasteiger partial charge in [0, 0.05) is 12.5 Å². The molecule has 1 amide bonds. The van der Waals surface area contributed by atoms with Crippen molar-refractivity contribution in [3.05, 3.63) is 27.4 Å². The van der Waals surface area contributed by atoms with Crippen molar-refractivity contribution in [3.8, 4) is 0 Å². The van der Waals surface area contributed by atoms with Crippen molar-refractivity contribution < 1.29 is 14.7 Å². The first kappa shape index (κ1) is 15.2. The maximum atomic E-state index is 12.4. The van der Waals surface area contributed by atoms with E-state index in [2.05, 4.69) is 9.97 Å². The predicted octanol–water partition coefficient (Wildman–Crippen LogP) is 0.893. The van der Waals surface area contributed by atoms with Crippen molar-refractivity contribution in [2.45, 2.75) is 39.0 Å². The highest BCUT2D eigenvalue weighted by Crippen LogP contribution is 2.37. The second-order valence-electron chi connectivity index (χ2n) is 5.31. The van der Waals surface area contributed by atoms with Gasteiger partial charge in [0.05, 0.1) is 5.69 Å². The summed E-state index contributed by atoms with van der Waals surface area (Å²) >= 11 is 0. The molecule has 114 valence electrons. The van der Waals surface area contributed by atoms with Crippen LogP contribution < -0.4 is 5.56 Å². The number of nitrogens with one attached hydrogen (secondary N) is 1. The second-order valence-corrected chi connectivity index (χ2v) is 5.31. The van der Waals surface area contributed by atoms with Crippen LogP contribution in [0.2, 0.25) is 0 Å². The Balaban J connectivity index is 2.32.